The quantitative estimate of drug-likeness (QED) is 0.740. The second-order valence-electron chi connectivity index (χ2n) is 3.22. The maximum Gasteiger partial charge on any atom is -0.00365 e. The molecule has 2 nitrogen and oxygen atoms in total. The van der Waals surface area contributed by atoms with Gasteiger partial charge in [0.05, 0.1) is 0 Å². The van der Waals surface area contributed by atoms with Gasteiger partial charge in [0.15, 0.2) is 0 Å². The molecule has 0 spiro atoms. The van der Waals surface area contributed by atoms with Gasteiger partial charge in [-0.3, -0.25) is 0 Å². The molecule has 0 saturated heterocycles. The van der Waals surface area contributed by atoms with Crippen molar-refractivity contribution in [2.75, 3.05) is 13.1 Å². The molecule has 0 aliphatic heterocycles. The molecule has 0 aromatic heterocycles. The van der Waals surface area contributed by atoms with Gasteiger partial charge in [-0.25, -0.2) is 0 Å². The van der Waals surface area contributed by atoms with Crippen molar-refractivity contribution in [3.63, 3.8) is 0 Å². The highest BCUT2D eigenvalue weighted by Crippen LogP contribution is 2.11. The Kier molecular flexibility index (Phi) is 4.97. The van der Waals surface area contributed by atoms with Crippen molar-refractivity contribution in [2.24, 2.45) is 11.5 Å². The van der Waals surface area contributed by atoms with Crippen LogP contribution in [0.25, 0.3) is 6.08 Å². The standard InChI is InChI=1S/C12H18N2/c13-9-4-3-7-11-5-1-2-6-12(11)8-10-14/h1-3,5-7H,4,8-10,13-14H2. The zero-order valence-electron chi connectivity index (χ0n) is 8.45. The summed E-state index contributed by atoms with van der Waals surface area (Å²) in [7, 11) is 0. The molecule has 0 radical (unpaired) electrons. The van der Waals surface area contributed by atoms with Gasteiger partial charge in [-0.2, -0.15) is 0 Å². The normalized spacial score (nSPS) is 11.0. The molecule has 0 bridgehead atoms. The highest BCUT2D eigenvalue weighted by molar-refractivity contribution is 5.53. The molecule has 76 valence electrons. The zero-order valence-corrected chi connectivity index (χ0v) is 8.45. The van der Waals surface area contributed by atoms with Crippen LogP contribution in [0.5, 0.6) is 0 Å². The van der Waals surface area contributed by atoms with Crippen LogP contribution in [0.3, 0.4) is 0 Å². The smallest absolute Gasteiger partial charge is 0.00365 e. The highest BCUT2D eigenvalue weighted by atomic mass is 14.5. The minimum atomic E-state index is 0.696. The average Bonchev–Trinajstić information content (AvgIpc) is 2.21. The van der Waals surface area contributed by atoms with Gasteiger partial charge in [-0.1, -0.05) is 36.4 Å². The molecule has 1 aromatic rings. The molecule has 2 heteroatoms. The molecule has 14 heavy (non-hydrogen) atoms. The van der Waals surface area contributed by atoms with Crippen LogP contribution in [0.1, 0.15) is 17.5 Å². The Bertz CT molecular complexity index is 292. The summed E-state index contributed by atoms with van der Waals surface area (Å²) in [5.74, 6) is 0. The summed E-state index contributed by atoms with van der Waals surface area (Å²) in [6, 6.07) is 8.32. The fraction of sp³-hybridized carbons (Fsp3) is 0.333. The first-order chi connectivity index (χ1) is 6.88. The lowest BCUT2D eigenvalue weighted by molar-refractivity contribution is 0.965. The van der Waals surface area contributed by atoms with Gasteiger partial charge in [0, 0.05) is 0 Å². The van der Waals surface area contributed by atoms with Crippen LogP contribution in [0.4, 0.5) is 0 Å². The largest absolute Gasteiger partial charge is 0.330 e. The Morgan fingerprint density at radius 2 is 1.86 bits per heavy atom. The molecule has 0 amide bonds. The third-order valence-electron chi connectivity index (χ3n) is 2.10. The summed E-state index contributed by atoms with van der Waals surface area (Å²) < 4.78 is 0. The van der Waals surface area contributed by atoms with Crippen LogP contribution >= 0.6 is 0 Å². The summed E-state index contributed by atoms with van der Waals surface area (Å²) in [4.78, 5) is 0. The van der Waals surface area contributed by atoms with Gasteiger partial charge in [-0.05, 0) is 37.1 Å². The topological polar surface area (TPSA) is 52.0 Å². The Hall–Kier alpha value is -1.12. The van der Waals surface area contributed by atoms with E-state index in [4.69, 9.17) is 11.5 Å². The van der Waals surface area contributed by atoms with Crippen LogP contribution in [0.15, 0.2) is 30.3 Å². The molecular weight excluding hydrogens is 172 g/mol. The fourth-order valence-electron chi connectivity index (χ4n) is 1.39. The lowest BCUT2D eigenvalue weighted by Gasteiger charge is -2.03. The molecule has 0 unspecified atom stereocenters. The SMILES string of the molecule is NCCC=Cc1ccccc1CCN. The first-order valence-corrected chi connectivity index (χ1v) is 5.03. The Labute approximate surface area is 85.6 Å². The van der Waals surface area contributed by atoms with E-state index in [1.807, 2.05) is 12.1 Å². The lowest BCUT2D eigenvalue weighted by atomic mass is 10.0. The monoisotopic (exact) mass is 190 g/mol. The number of hydrogen-bond donors (Lipinski definition) is 2. The number of benzene rings is 1. The molecule has 0 aliphatic carbocycles. The van der Waals surface area contributed by atoms with Crippen LogP contribution in [0, 0.1) is 0 Å². The van der Waals surface area contributed by atoms with E-state index in [0.717, 1.165) is 12.8 Å². The van der Waals surface area contributed by atoms with Crippen molar-refractivity contribution in [3.8, 4) is 0 Å². The van der Waals surface area contributed by atoms with Crippen molar-refractivity contribution < 1.29 is 0 Å². The van der Waals surface area contributed by atoms with Gasteiger partial charge in [0.25, 0.3) is 0 Å². The van der Waals surface area contributed by atoms with Crippen molar-refractivity contribution in [1.82, 2.24) is 0 Å². The van der Waals surface area contributed by atoms with Crippen molar-refractivity contribution >= 4 is 6.08 Å². The van der Waals surface area contributed by atoms with Crippen LogP contribution in [-0.4, -0.2) is 13.1 Å². The lowest BCUT2D eigenvalue weighted by Crippen LogP contribution is -2.03. The molecular formula is C12H18N2. The second-order valence-corrected chi connectivity index (χ2v) is 3.22. The molecule has 4 N–H and O–H groups in total. The fourth-order valence-corrected chi connectivity index (χ4v) is 1.39. The summed E-state index contributed by atoms with van der Waals surface area (Å²) in [6.07, 6.45) is 6.09. The number of hydrogen-bond acceptors (Lipinski definition) is 2. The highest BCUT2D eigenvalue weighted by Gasteiger charge is 1.95. The molecule has 1 aromatic carbocycles. The first-order valence-electron chi connectivity index (χ1n) is 5.03. The van der Waals surface area contributed by atoms with Gasteiger partial charge in [0.2, 0.25) is 0 Å². The van der Waals surface area contributed by atoms with Crippen molar-refractivity contribution in [3.05, 3.63) is 41.5 Å². The van der Waals surface area contributed by atoms with Gasteiger partial charge < -0.3 is 11.5 Å². The van der Waals surface area contributed by atoms with Gasteiger partial charge in [-0.15, -0.1) is 0 Å². The van der Waals surface area contributed by atoms with E-state index < -0.39 is 0 Å². The van der Waals surface area contributed by atoms with Gasteiger partial charge in [0.1, 0.15) is 0 Å². The third kappa shape index (κ3) is 3.32. The minimum Gasteiger partial charge on any atom is -0.330 e. The molecule has 0 aliphatic rings. The van der Waals surface area contributed by atoms with E-state index in [2.05, 4.69) is 24.3 Å². The summed E-state index contributed by atoms with van der Waals surface area (Å²) in [6.45, 7) is 1.40. The first kappa shape index (κ1) is 11.0. The van der Waals surface area contributed by atoms with Crippen LogP contribution in [0.2, 0.25) is 0 Å². The van der Waals surface area contributed by atoms with E-state index in [0.29, 0.717) is 13.1 Å². The number of rotatable bonds is 5. The number of nitrogens with two attached hydrogens (primary N) is 2. The molecule has 0 heterocycles. The Morgan fingerprint density at radius 3 is 2.57 bits per heavy atom. The Morgan fingerprint density at radius 1 is 1.07 bits per heavy atom. The van der Waals surface area contributed by atoms with Crippen molar-refractivity contribution in [1.29, 1.82) is 0 Å². The van der Waals surface area contributed by atoms with Crippen molar-refractivity contribution in [2.45, 2.75) is 12.8 Å². The van der Waals surface area contributed by atoms with Crippen LogP contribution in [-0.2, 0) is 6.42 Å². The molecule has 1 rings (SSSR count). The summed E-state index contributed by atoms with van der Waals surface area (Å²) in [5.41, 5.74) is 13.5. The van der Waals surface area contributed by atoms with E-state index in [1.54, 1.807) is 0 Å². The van der Waals surface area contributed by atoms with E-state index in [-0.39, 0.29) is 0 Å². The minimum absolute atomic E-state index is 0.696. The maximum atomic E-state index is 5.54. The predicted molar refractivity (Wildman–Crippen MR) is 61.9 cm³/mol. The van der Waals surface area contributed by atoms with Crippen LogP contribution < -0.4 is 11.5 Å². The third-order valence-corrected chi connectivity index (χ3v) is 2.10. The zero-order chi connectivity index (χ0) is 10.2. The molecule has 0 saturated carbocycles. The molecule has 0 atom stereocenters. The van der Waals surface area contributed by atoms with E-state index in [9.17, 15) is 0 Å². The van der Waals surface area contributed by atoms with Gasteiger partial charge >= 0.3 is 0 Å². The summed E-state index contributed by atoms with van der Waals surface area (Å²) in [5, 5.41) is 0. The second kappa shape index (κ2) is 6.35. The van der Waals surface area contributed by atoms with E-state index >= 15 is 0 Å². The maximum absolute atomic E-state index is 5.54. The average molecular weight is 190 g/mol. The predicted octanol–water partition coefficient (Wildman–Crippen LogP) is 1.55. The molecule has 0 fully saturated rings. The van der Waals surface area contributed by atoms with E-state index in [1.165, 1.54) is 11.1 Å². The summed E-state index contributed by atoms with van der Waals surface area (Å²) >= 11 is 0. The Balaban J connectivity index is 2.73.